The van der Waals surface area contributed by atoms with Crippen molar-refractivity contribution in [1.82, 2.24) is 0 Å². The maximum absolute atomic E-state index is 12.0. The zero-order valence-corrected chi connectivity index (χ0v) is 17.0. The first-order valence-corrected chi connectivity index (χ1v) is 9.27. The highest BCUT2D eigenvalue weighted by atomic mass is 16.6. The summed E-state index contributed by atoms with van der Waals surface area (Å²) in [5.41, 5.74) is 1.61. The molecule has 0 aromatic heterocycles. The SMILES string of the molecule is COC(=O)C(CC1=C(C)CCC1C(C)(C)Oc1ccc([N+](=O)[O-])cc1)C(C)=O. The predicted octanol–water partition coefficient (Wildman–Crippen LogP) is 4.25. The van der Waals surface area contributed by atoms with Gasteiger partial charge in [0.2, 0.25) is 0 Å². The highest BCUT2D eigenvalue weighted by Crippen LogP contribution is 2.43. The van der Waals surface area contributed by atoms with Gasteiger partial charge in [0, 0.05) is 18.1 Å². The first kappa shape index (κ1) is 21.6. The summed E-state index contributed by atoms with van der Waals surface area (Å²) in [6.45, 7) is 7.34. The largest absolute Gasteiger partial charge is 0.487 e. The van der Waals surface area contributed by atoms with Crippen LogP contribution in [0.25, 0.3) is 0 Å². The number of carbonyl (C=O) groups is 2. The van der Waals surface area contributed by atoms with Crippen molar-refractivity contribution in [1.29, 1.82) is 0 Å². The fraction of sp³-hybridized carbons (Fsp3) is 0.524. The topological polar surface area (TPSA) is 95.7 Å². The van der Waals surface area contributed by atoms with E-state index < -0.39 is 22.4 Å². The second-order valence-electron chi connectivity index (χ2n) is 7.74. The third-order valence-electron chi connectivity index (χ3n) is 5.44. The Balaban J connectivity index is 2.22. The van der Waals surface area contributed by atoms with Crippen LogP contribution in [-0.2, 0) is 14.3 Å². The standard InChI is InChI=1S/C21H27NO6/c1-13-6-11-19(17(13)12-18(14(2)23)20(24)27-5)21(3,4)28-16-9-7-15(8-10-16)22(25)26/h7-10,18-19H,6,11-12H2,1-5H3. The van der Waals surface area contributed by atoms with Gasteiger partial charge in [-0.3, -0.25) is 19.7 Å². The Bertz CT molecular complexity index is 794. The van der Waals surface area contributed by atoms with Crippen molar-refractivity contribution in [2.45, 2.75) is 52.6 Å². The summed E-state index contributed by atoms with van der Waals surface area (Å²) < 4.78 is 11.0. The summed E-state index contributed by atoms with van der Waals surface area (Å²) in [6, 6.07) is 5.98. The zero-order chi connectivity index (χ0) is 21.1. The Kier molecular flexibility index (Phi) is 6.59. The van der Waals surface area contributed by atoms with Crippen LogP contribution in [0.15, 0.2) is 35.4 Å². The molecule has 0 amide bonds. The highest BCUT2D eigenvalue weighted by molar-refractivity contribution is 5.98. The Morgan fingerprint density at radius 3 is 2.39 bits per heavy atom. The molecule has 0 N–H and O–H groups in total. The number of non-ortho nitro benzene ring substituents is 1. The van der Waals surface area contributed by atoms with Crippen molar-refractivity contribution >= 4 is 17.4 Å². The van der Waals surface area contributed by atoms with Crippen LogP contribution in [-0.4, -0.2) is 29.4 Å². The second kappa shape index (κ2) is 8.54. The maximum Gasteiger partial charge on any atom is 0.316 e. The number of rotatable bonds is 8. The minimum Gasteiger partial charge on any atom is -0.487 e. The van der Waals surface area contributed by atoms with Gasteiger partial charge in [0.05, 0.1) is 12.0 Å². The third-order valence-corrected chi connectivity index (χ3v) is 5.44. The number of hydrogen-bond donors (Lipinski definition) is 0. The molecule has 152 valence electrons. The number of esters is 1. The summed E-state index contributed by atoms with van der Waals surface area (Å²) in [6.07, 6.45) is 2.05. The van der Waals surface area contributed by atoms with Crippen molar-refractivity contribution < 1.29 is 24.0 Å². The van der Waals surface area contributed by atoms with E-state index in [0.717, 1.165) is 18.4 Å². The van der Waals surface area contributed by atoms with Crippen LogP contribution in [0.4, 0.5) is 5.69 Å². The minimum absolute atomic E-state index is 0.00447. The Labute approximate surface area is 164 Å². The molecule has 2 unspecified atom stereocenters. The Morgan fingerprint density at radius 1 is 1.29 bits per heavy atom. The van der Waals surface area contributed by atoms with Gasteiger partial charge in [-0.15, -0.1) is 0 Å². The van der Waals surface area contributed by atoms with Gasteiger partial charge < -0.3 is 9.47 Å². The number of ketones is 1. The van der Waals surface area contributed by atoms with E-state index in [4.69, 9.17) is 9.47 Å². The minimum atomic E-state index is -0.814. The molecule has 0 radical (unpaired) electrons. The summed E-state index contributed by atoms with van der Waals surface area (Å²) >= 11 is 0. The van der Waals surface area contributed by atoms with Gasteiger partial charge in [-0.2, -0.15) is 0 Å². The van der Waals surface area contributed by atoms with Crippen molar-refractivity contribution in [3.63, 3.8) is 0 Å². The number of allylic oxidation sites excluding steroid dienone is 1. The molecule has 1 aliphatic carbocycles. The molecule has 0 heterocycles. The van der Waals surface area contributed by atoms with Gasteiger partial charge >= 0.3 is 5.97 Å². The molecule has 0 fully saturated rings. The molecule has 7 nitrogen and oxygen atoms in total. The molecule has 1 aliphatic rings. The molecule has 0 saturated heterocycles. The van der Waals surface area contributed by atoms with Crippen LogP contribution in [0.1, 0.15) is 47.0 Å². The van der Waals surface area contributed by atoms with Gasteiger partial charge in [0.15, 0.2) is 0 Å². The molecule has 0 aliphatic heterocycles. The lowest BCUT2D eigenvalue weighted by Gasteiger charge is -2.35. The molecule has 1 aromatic rings. The zero-order valence-electron chi connectivity index (χ0n) is 17.0. The molecule has 1 aromatic carbocycles. The van der Waals surface area contributed by atoms with Crippen molar-refractivity contribution in [2.75, 3.05) is 7.11 Å². The van der Waals surface area contributed by atoms with Crippen LogP contribution in [0, 0.1) is 22.0 Å². The number of carbonyl (C=O) groups excluding carboxylic acids is 2. The first-order chi connectivity index (χ1) is 13.1. The lowest BCUT2D eigenvalue weighted by Crippen LogP contribution is -2.38. The van der Waals surface area contributed by atoms with Crippen LogP contribution in [0.3, 0.4) is 0 Å². The summed E-state index contributed by atoms with van der Waals surface area (Å²) in [5.74, 6) is -0.991. The summed E-state index contributed by atoms with van der Waals surface area (Å²) in [4.78, 5) is 34.4. The molecule has 0 bridgehead atoms. The third kappa shape index (κ3) is 4.77. The van der Waals surface area contributed by atoms with Gasteiger partial charge in [0.1, 0.15) is 23.1 Å². The maximum atomic E-state index is 12.0. The monoisotopic (exact) mass is 389 g/mol. The normalized spacial score (nSPS) is 18.0. The van der Waals surface area contributed by atoms with Gasteiger partial charge in [-0.05, 0) is 59.1 Å². The number of nitro benzene ring substituents is 1. The molecular weight excluding hydrogens is 362 g/mol. The number of nitro groups is 1. The van der Waals surface area contributed by atoms with E-state index in [2.05, 4.69) is 0 Å². The quantitative estimate of drug-likeness (QED) is 0.217. The molecule has 2 atom stereocenters. The molecule has 7 heteroatoms. The van der Waals surface area contributed by atoms with Crippen LogP contribution in [0.5, 0.6) is 5.75 Å². The van der Waals surface area contributed by atoms with Crippen LogP contribution >= 0.6 is 0 Å². The summed E-state index contributed by atoms with van der Waals surface area (Å²) in [7, 11) is 1.29. The Hall–Kier alpha value is -2.70. The molecule has 0 spiro atoms. The number of ether oxygens (including phenoxy) is 2. The van der Waals surface area contributed by atoms with Crippen LogP contribution in [0.2, 0.25) is 0 Å². The van der Waals surface area contributed by atoms with E-state index in [-0.39, 0.29) is 17.4 Å². The predicted molar refractivity (Wildman–Crippen MR) is 104 cm³/mol. The number of Topliss-reactive ketones (excluding diaryl/α,β-unsaturated/α-hetero) is 1. The number of methoxy groups -OCH3 is 1. The van der Waals surface area contributed by atoms with Crippen molar-refractivity contribution in [3.8, 4) is 5.75 Å². The van der Waals surface area contributed by atoms with Crippen molar-refractivity contribution in [3.05, 3.63) is 45.5 Å². The molecular formula is C21H27NO6. The molecule has 2 rings (SSSR count). The van der Waals surface area contributed by atoms with E-state index in [0.29, 0.717) is 12.2 Å². The number of nitrogens with zero attached hydrogens (tertiary/aromatic N) is 1. The smallest absolute Gasteiger partial charge is 0.316 e. The highest BCUT2D eigenvalue weighted by Gasteiger charge is 2.40. The molecule has 0 saturated carbocycles. The first-order valence-electron chi connectivity index (χ1n) is 9.27. The lowest BCUT2D eigenvalue weighted by molar-refractivity contribution is -0.384. The van der Waals surface area contributed by atoms with Gasteiger partial charge in [-0.1, -0.05) is 11.1 Å². The van der Waals surface area contributed by atoms with Crippen LogP contribution < -0.4 is 4.74 Å². The number of hydrogen-bond acceptors (Lipinski definition) is 6. The van der Waals surface area contributed by atoms with E-state index in [1.807, 2.05) is 20.8 Å². The van der Waals surface area contributed by atoms with E-state index >= 15 is 0 Å². The van der Waals surface area contributed by atoms with Gasteiger partial charge in [0.25, 0.3) is 5.69 Å². The fourth-order valence-electron chi connectivity index (χ4n) is 3.84. The average molecular weight is 389 g/mol. The van der Waals surface area contributed by atoms with E-state index in [1.54, 1.807) is 12.1 Å². The Morgan fingerprint density at radius 2 is 1.89 bits per heavy atom. The molecule has 28 heavy (non-hydrogen) atoms. The number of benzene rings is 1. The van der Waals surface area contributed by atoms with Crippen molar-refractivity contribution in [2.24, 2.45) is 11.8 Å². The summed E-state index contributed by atoms with van der Waals surface area (Å²) in [5, 5.41) is 10.8. The van der Waals surface area contributed by atoms with Gasteiger partial charge in [-0.25, -0.2) is 0 Å². The van der Waals surface area contributed by atoms with E-state index in [1.165, 1.54) is 31.7 Å². The average Bonchev–Trinajstić information content (AvgIpc) is 3.00. The van der Waals surface area contributed by atoms with E-state index in [9.17, 15) is 19.7 Å². The lowest BCUT2D eigenvalue weighted by atomic mass is 9.80. The second-order valence-corrected chi connectivity index (χ2v) is 7.74. The fourth-order valence-corrected chi connectivity index (χ4v) is 3.84.